The molecule has 0 saturated heterocycles. The Hall–Kier alpha value is -3.40. The van der Waals surface area contributed by atoms with Gasteiger partial charge in [0.2, 0.25) is 10.0 Å². The van der Waals surface area contributed by atoms with E-state index in [4.69, 9.17) is 9.47 Å². The number of hydrogen-bond donors (Lipinski definition) is 2. The van der Waals surface area contributed by atoms with Crippen LogP contribution in [-0.4, -0.2) is 44.8 Å². The summed E-state index contributed by atoms with van der Waals surface area (Å²) in [5.41, 5.74) is 1.61. The molecule has 0 bridgehead atoms. The predicted octanol–water partition coefficient (Wildman–Crippen LogP) is 2.54. The third-order valence-corrected chi connectivity index (χ3v) is 4.30. The first-order valence-corrected chi connectivity index (χ1v) is 9.98. The van der Waals surface area contributed by atoms with Gasteiger partial charge in [-0.2, -0.15) is 0 Å². The van der Waals surface area contributed by atoms with E-state index in [1.54, 1.807) is 36.4 Å². The molecule has 1 aromatic heterocycles. The lowest BCUT2D eigenvalue weighted by Crippen LogP contribution is -2.14. The molecule has 2 aromatic carbocycles. The van der Waals surface area contributed by atoms with E-state index in [0.717, 1.165) is 6.26 Å². The van der Waals surface area contributed by atoms with Crippen molar-refractivity contribution >= 4 is 44.3 Å². The second-order valence-corrected chi connectivity index (χ2v) is 7.56. The molecule has 3 aromatic rings. The highest BCUT2D eigenvalue weighted by Crippen LogP contribution is 2.30. The van der Waals surface area contributed by atoms with Crippen LogP contribution >= 0.6 is 0 Å². The average molecular weight is 402 g/mol. The van der Waals surface area contributed by atoms with Crippen LogP contribution in [-0.2, 0) is 14.8 Å². The zero-order valence-electron chi connectivity index (χ0n) is 15.4. The maximum Gasteiger partial charge on any atom is 0.339 e. The minimum absolute atomic E-state index is 0.000152. The monoisotopic (exact) mass is 402 g/mol. The molecule has 1 heterocycles. The van der Waals surface area contributed by atoms with Crippen molar-refractivity contribution in [1.29, 1.82) is 0 Å². The van der Waals surface area contributed by atoms with Crippen LogP contribution in [0.3, 0.4) is 0 Å². The van der Waals surface area contributed by atoms with Gasteiger partial charge >= 0.3 is 5.97 Å². The number of ether oxygens (including phenoxy) is 2. The molecular formula is C18H18N4O5S. The molecule has 0 saturated carbocycles. The van der Waals surface area contributed by atoms with Crippen molar-refractivity contribution in [2.75, 3.05) is 30.5 Å². The second-order valence-electron chi connectivity index (χ2n) is 5.81. The Morgan fingerprint density at radius 2 is 1.64 bits per heavy atom. The largest absolute Gasteiger partial charge is 0.497 e. The van der Waals surface area contributed by atoms with Crippen LogP contribution in [0.4, 0.5) is 17.3 Å². The fourth-order valence-electron chi connectivity index (χ4n) is 2.50. The molecule has 0 amide bonds. The molecule has 10 heteroatoms. The van der Waals surface area contributed by atoms with Crippen LogP contribution in [0.25, 0.3) is 11.0 Å². The van der Waals surface area contributed by atoms with Gasteiger partial charge in [-0.3, -0.25) is 4.72 Å². The molecule has 0 radical (unpaired) electrons. The van der Waals surface area contributed by atoms with Crippen molar-refractivity contribution in [1.82, 2.24) is 9.97 Å². The van der Waals surface area contributed by atoms with Gasteiger partial charge in [0.05, 0.1) is 42.8 Å². The molecule has 0 aliphatic heterocycles. The van der Waals surface area contributed by atoms with Gasteiger partial charge in [0.1, 0.15) is 5.75 Å². The van der Waals surface area contributed by atoms with E-state index in [0.29, 0.717) is 22.5 Å². The van der Waals surface area contributed by atoms with Crippen LogP contribution in [0, 0.1) is 0 Å². The molecule has 2 N–H and O–H groups in total. The van der Waals surface area contributed by atoms with Gasteiger partial charge < -0.3 is 14.8 Å². The van der Waals surface area contributed by atoms with E-state index in [-0.39, 0.29) is 17.2 Å². The molecule has 0 fully saturated rings. The van der Waals surface area contributed by atoms with Crippen LogP contribution in [0.15, 0.2) is 42.5 Å². The topological polar surface area (TPSA) is 120 Å². The van der Waals surface area contributed by atoms with Crippen LogP contribution in [0.5, 0.6) is 5.75 Å². The number of rotatable bonds is 6. The van der Waals surface area contributed by atoms with E-state index in [9.17, 15) is 13.2 Å². The lowest BCUT2D eigenvalue weighted by molar-refractivity contribution is 0.0602. The minimum atomic E-state index is -3.61. The van der Waals surface area contributed by atoms with Crippen molar-refractivity contribution in [3.8, 4) is 5.75 Å². The van der Waals surface area contributed by atoms with E-state index in [1.165, 1.54) is 20.3 Å². The van der Waals surface area contributed by atoms with Crippen LogP contribution < -0.4 is 14.8 Å². The maximum absolute atomic E-state index is 12.1. The summed E-state index contributed by atoms with van der Waals surface area (Å²) in [5.74, 6) is 0.0421. The molecular weight excluding hydrogens is 384 g/mol. The van der Waals surface area contributed by atoms with Crippen LogP contribution in [0.1, 0.15) is 10.4 Å². The molecule has 0 atom stereocenters. The summed E-state index contributed by atoms with van der Waals surface area (Å²) >= 11 is 0. The minimum Gasteiger partial charge on any atom is -0.497 e. The molecule has 146 valence electrons. The SMILES string of the molecule is COC(=O)c1ccc(OC)cc1Nc1nc2ccccc2nc1NS(C)(=O)=O. The average Bonchev–Trinajstić information content (AvgIpc) is 2.66. The Morgan fingerprint density at radius 1 is 1.00 bits per heavy atom. The van der Waals surface area contributed by atoms with Gasteiger partial charge in [-0.05, 0) is 24.3 Å². The van der Waals surface area contributed by atoms with Crippen molar-refractivity contribution in [3.63, 3.8) is 0 Å². The molecule has 0 aliphatic carbocycles. The first kappa shape index (κ1) is 19.4. The number of esters is 1. The van der Waals surface area contributed by atoms with Gasteiger partial charge in [-0.25, -0.2) is 23.2 Å². The first-order valence-electron chi connectivity index (χ1n) is 8.08. The molecule has 0 spiro atoms. The number of benzene rings is 2. The number of anilines is 3. The summed E-state index contributed by atoms with van der Waals surface area (Å²) in [4.78, 5) is 20.9. The summed E-state index contributed by atoms with van der Waals surface area (Å²) in [5, 5.41) is 2.96. The predicted molar refractivity (Wildman–Crippen MR) is 106 cm³/mol. The smallest absolute Gasteiger partial charge is 0.339 e. The highest BCUT2D eigenvalue weighted by Gasteiger charge is 2.18. The Bertz CT molecular complexity index is 1150. The third-order valence-electron chi connectivity index (χ3n) is 3.74. The summed E-state index contributed by atoms with van der Waals surface area (Å²) in [7, 11) is -0.857. The Morgan fingerprint density at radius 3 is 2.21 bits per heavy atom. The zero-order valence-corrected chi connectivity index (χ0v) is 16.2. The molecule has 3 rings (SSSR count). The van der Waals surface area contributed by atoms with E-state index in [1.807, 2.05) is 0 Å². The van der Waals surface area contributed by atoms with E-state index in [2.05, 4.69) is 20.0 Å². The van der Waals surface area contributed by atoms with Gasteiger partial charge in [-0.1, -0.05) is 12.1 Å². The third kappa shape index (κ3) is 4.29. The Labute approximate surface area is 161 Å². The van der Waals surface area contributed by atoms with Gasteiger partial charge in [0.25, 0.3) is 0 Å². The number of hydrogen-bond acceptors (Lipinski definition) is 8. The highest BCUT2D eigenvalue weighted by molar-refractivity contribution is 7.92. The van der Waals surface area contributed by atoms with E-state index >= 15 is 0 Å². The molecule has 0 aliphatic rings. The van der Waals surface area contributed by atoms with Crippen LogP contribution in [0.2, 0.25) is 0 Å². The van der Waals surface area contributed by atoms with Gasteiger partial charge in [0, 0.05) is 6.07 Å². The standard InChI is InChI=1S/C18H18N4O5S/c1-26-11-8-9-12(18(23)27-2)15(10-11)21-16-17(22-28(3,24)25)20-14-7-5-4-6-13(14)19-16/h4-10H,1-3H3,(H,19,21)(H,20,22). The van der Waals surface area contributed by atoms with Crippen molar-refractivity contribution in [2.45, 2.75) is 0 Å². The van der Waals surface area contributed by atoms with Crippen molar-refractivity contribution in [3.05, 3.63) is 48.0 Å². The summed E-state index contributed by atoms with van der Waals surface area (Å²) in [6.07, 6.45) is 1.01. The Balaban J connectivity index is 2.15. The summed E-state index contributed by atoms with van der Waals surface area (Å²) in [6, 6.07) is 11.7. The molecule has 0 unspecified atom stereocenters. The lowest BCUT2D eigenvalue weighted by atomic mass is 10.1. The number of fused-ring (bicyclic) bond motifs is 1. The lowest BCUT2D eigenvalue weighted by Gasteiger charge is -2.15. The Kier molecular flexibility index (Phi) is 5.32. The molecule has 9 nitrogen and oxygen atoms in total. The fourth-order valence-corrected chi connectivity index (χ4v) is 3.00. The number of carbonyl (C=O) groups excluding carboxylic acids is 1. The quantitative estimate of drug-likeness (QED) is 0.604. The summed E-state index contributed by atoms with van der Waals surface area (Å²) < 4.78 is 35.9. The number of sulfonamides is 1. The number of para-hydroxylation sites is 2. The van der Waals surface area contributed by atoms with Crippen molar-refractivity contribution in [2.24, 2.45) is 0 Å². The zero-order chi connectivity index (χ0) is 20.3. The van der Waals surface area contributed by atoms with Gasteiger partial charge in [-0.15, -0.1) is 0 Å². The van der Waals surface area contributed by atoms with Crippen molar-refractivity contribution < 1.29 is 22.7 Å². The number of carbonyl (C=O) groups is 1. The first-order chi connectivity index (χ1) is 13.3. The second kappa shape index (κ2) is 7.69. The highest BCUT2D eigenvalue weighted by atomic mass is 32.2. The fraction of sp³-hybridized carbons (Fsp3) is 0.167. The molecule has 28 heavy (non-hydrogen) atoms. The maximum atomic E-state index is 12.1. The number of nitrogens with zero attached hydrogens (tertiary/aromatic N) is 2. The van der Waals surface area contributed by atoms with E-state index < -0.39 is 16.0 Å². The summed E-state index contributed by atoms with van der Waals surface area (Å²) in [6.45, 7) is 0. The normalized spacial score (nSPS) is 11.1. The number of aromatic nitrogens is 2. The number of nitrogens with one attached hydrogen (secondary N) is 2. The number of methoxy groups -OCH3 is 2. The van der Waals surface area contributed by atoms with Gasteiger partial charge in [0.15, 0.2) is 11.6 Å².